The van der Waals surface area contributed by atoms with Crippen LogP contribution in [0.15, 0.2) is 46.0 Å². The van der Waals surface area contributed by atoms with E-state index >= 15 is 0 Å². The minimum Gasteiger partial charge on any atom is -0.490 e. The lowest BCUT2D eigenvalue weighted by atomic mass is 10.0. The van der Waals surface area contributed by atoms with Gasteiger partial charge < -0.3 is 30.1 Å². The van der Waals surface area contributed by atoms with E-state index in [9.17, 15) is 35.9 Å². The number of aromatic nitrogens is 2. The molecule has 0 unspecified atom stereocenters. The van der Waals surface area contributed by atoms with Crippen LogP contribution < -0.4 is 31.6 Å². The lowest BCUT2D eigenvalue weighted by Gasteiger charge is -2.23. The number of halogens is 6. The van der Waals surface area contributed by atoms with Gasteiger partial charge >= 0.3 is 12.4 Å². The van der Waals surface area contributed by atoms with Crippen LogP contribution in [0.25, 0.3) is 21.8 Å². The van der Waals surface area contributed by atoms with Gasteiger partial charge in [0.2, 0.25) is 5.56 Å². The van der Waals surface area contributed by atoms with Crippen molar-refractivity contribution in [2.24, 2.45) is 0 Å². The number of pyridine rings is 2. The van der Waals surface area contributed by atoms with Crippen LogP contribution in [0.2, 0.25) is 0 Å². The van der Waals surface area contributed by atoms with Crippen LogP contribution in [0.1, 0.15) is 11.1 Å². The number of aromatic amines is 1. The van der Waals surface area contributed by atoms with Crippen molar-refractivity contribution in [1.29, 1.82) is 0 Å². The first-order valence-corrected chi connectivity index (χ1v) is 11.2. The molecule has 0 bridgehead atoms. The van der Waals surface area contributed by atoms with Gasteiger partial charge in [0.25, 0.3) is 5.56 Å². The molecule has 6 rings (SSSR count). The highest BCUT2D eigenvalue weighted by molar-refractivity contribution is 5.98. The highest BCUT2D eigenvalue weighted by atomic mass is 19.4. The fourth-order valence-electron chi connectivity index (χ4n) is 4.53. The van der Waals surface area contributed by atoms with Gasteiger partial charge in [0.1, 0.15) is 24.7 Å². The smallest absolute Gasteiger partial charge is 0.417 e. The van der Waals surface area contributed by atoms with Crippen molar-refractivity contribution in [1.82, 2.24) is 9.55 Å². The zero-order valence-corrected chi connectivity index (χ0v) is 19.2. The second kappa shape index (κ2) is 8.89. The molecule has 0 spiro atoms. The maximum Gasteiger partial charge on any atom is 0.417 e. The van der Waals surface area contributed by atoms with Crippen molar-refractivity contribution in [2.45, 2.75) is 18.9 Å². The number of ether oxygens (including phenoxy) is 2. The molecule has 2 aliphatic heterocycles. The summed E-state index contributed by atoms with van der Waals surface area (Å²) in [7, 11) is 0. The fourth-order valence-corrected chi connectivity index (χ4v) is 4.53. The van der Waals surface area contributed by atoms with Gasteiger partial charge in [-0.1, -0.05) is 0 Å². The normalized spacial score (nSPS) is 14.6. The molecule has 14 heteroatoms. The van der Waals surface area contributed by atoms with Crippen LogP contribution in [0.5, 0.6) is 11.5 Å². The summed E-state index contributed by atoms with van der Waals surface area (Å²) < 4.78 is 90.1. The molecule has 8 nitrogen and oxygen atoms in total. The number of hydrogen-bond acceptors (Lipinski definition) is 6. The summed E-state index contributed by atoms with van der Waals surface area (Å²) in [4.78, 5) is 25.5. The molecule has 2 aromatic carbocycles. The average Bonchev–Trinajstić information content (AvgIpc) is 2.85. The Morgan fingerprint density at radius 2 is 1.50 bits per heavy atom. The number of H-pyrrole nitrogens is 1. The van der Waals surface area contributed by atoms with Crippen molar-refractivity contribution < 1.29 is 35.8 Å². The second-order valence-electron chi connectivity index (χ2n) is 8.45. The Labute approximate surface area is 208 Å². The zero-order chi connectivity index (χ0) is 27.4. The number of anilines is 2. The number of nitrogens with one attached hydrogen (secondary N) is 2. The van der Waals surface area contributed by atoms with Gasteiger partial charge in [-0.05, 0) is 24.3 Å². The molecule has 0 atom stereocenters. The Morgan fingerprint density at radius 1 is 0.842 bits per heavy atom. The maximum atomic E-state index is 13.0. The van der Waals surface area contributed by atoms with E-state index in [1.807, 2.05) is 0 Å². The Morgan fingerprint density at radius 3 is 2.21 bits per heavy atom. The summed E-state index contributed by atoms with van der Waals surface area (Å²) in [6, 6.07) is 6.95. The molecular formula is C24H18F6N4O4. The first-order valence-electron chi connectivity index (χ1n) is 11.2. The first kappa shape index (κ1) is 25.3. The Hall–Kier alpha value is -4.36. The zero-order valence-electron chi connectivity index (χ0n) is 19.2. The molecule has 0 radical (unpaired) electrons. The first-order chi connectivity index (χ1) is 17.9. The molecule has 0 amide bonds. The van der Waals surface area contributed by atoms with Gasteiger partial charge in [-0.2, -0.15) is 26.3 Å². The van der Waals surface area contributed by atoms with Gasteiger partial charge in [-0.15, -0.1) is 0 Å². The van der Waals surface area contributed by atoms with Crippen molar-refractivity contribution in [3.05, 3.63) is 68.2 Å². The quantitative estimate of drug-likeness (QED) is 0.226. The average molecular weight is 540 g/mol. The van der Waals surface area contributed by atoms with Crippen LogP contribution >= 0.6 is 0 Å². The van der Waals surface area contributed by atoms with Gasteiger partial charge in [-0.25, -0.2) is 0 Å². The van der Waals surface area contributed by atoms with Gasteiger partial charge in [-0.3, -0.25) is 9.59 Å². The number of nitrogen functional groups attached to an aromatic ring is 1. The van der Waals surface area contributed by atoms with E-state index in [2.05, 4.69) is 10.3 Å². The number of rotatable bonds is 0. The summed E-state index contributed by atoms with van der Waals surface area (Å²) in [6.07, 6.45) is -9.23. The van der Waals surface area contributed by atoms with Crippen molar-refractivity contribution in [3.8, 4) is 11.5 Å². The predicted octanol–water partition coefficient (Wildman–Crippen LogP) is 4.35. The van der Waals surface area contributed by atoms with E-state index in [4.69, 9.17) is 15.2 Å². The van der Waals surface area contributed by atoms with Crippen molar-refractivity contribution in [3.63, 3.8) is 0 Å². The summed E-state index contributed by atoms with van der Waals surface area (Å²) in [6.45, 7) is 1.27. The van der Waals surface area contributed by atoms with Crippen molar-refractivity contribution >= 4 is 33.2 Å². The number of alkyl halides is 6. The molecule has 4 N–H and O–H groups in total. The lowest BCUT2D eigenvalue weighted by Crippen LogP contribution is -2.29. The molecule has 4 heterocycles. The van der Waals surface area contributed by atoms with Crippen LogP contribution in [0.3, 0.4) is 0 Å². The summed E-state index contributed by atoms with van der Waals surface area (Å²) in [5.74, 6) is 0.606. The van der Waals surface area contributed by atoms with E-state index in [1.165, 1.54) is 22.8 Å². The van der Waals surface area contributed by atoms with Gasteiger partial charge in [0, 0.05) is 35.1 Å². The molecular weight excluding hydrogens is 522 g/mol. The molecule has 4 aromatic rings. The Kier molecular flexibility index (Phi) is 5.92. The predicted molar refractivity (Wildman–Crippen MR) is 127 cm³/mol. The van der Waals surface area contributed by atoms with Crippen LogP contribution in [0.4, 0.5) is 37.7 Å². The number of fused-ring (bicyclic) bond motifs is 3. The third-order valence-corrected chi connectivity index (χ3v) is 6.06. The fraction of sp³-hybridized carbons (Fsp3) is 0.250. The minimum atomic E-state index is -4.64. The minimum absolute atomic E-state index is 0.0228. The summed E-state index contributed by atoms with van der Waals surface area (Å²) in [5.41, 5.74) is 2.69. The largest absolute Gasteiger partial charge is 0.490 e. The van der Waals surface area contributed by atoms with E-state index < -0.39 is 34.6 Å². The van der Waals surface area contributed by atoms with E-state index in [0.29, 0.717) is 31.0 Å². The van der Waals surface area contributed by atoms with Crippen LogP contribution in [-0.2, 0) is 18.9 Å². The molecule has 0 saturated heterocycles. The summed E-state index contributed by atoms with van der Waals surface area (Å²) >= 11 is 0. The molecule has 0 fully saturated rings. The monoisotopic (exact) mass is 540 g/mol. The summed E-state index contributed by atoms with van der Waals surface area (Å²) in [5, 5.41) is 2.65. The number of nitrogens with two attached hydrogens (primary N) is 1. The number of nitrogens with zero attached hydrogens (tertiary/aromatic N) is 1. The van der Waals surface area contributed by atoms with Crippen LogP contribution in [0, 0.1) is 0 Å². The van der Waals surface area contributed by atoms with E-state index in [0.717, 1.165) is 0 Å². The maximum absolute atomic E-state index is 13.0. The van der Waals surface area contributed by atoms with E-state index in [1.54, 1.807) is 6.07 Å². The van der Waals surface area contributed by atoms with Gasteiger partial charge in [0.05, 0.1) is 34.4 Å². The molecule has 200 valence electrons. The van der Waals surface area contributed by atoms with Crippen molar-refractivity contribution in [2.75, 3.05) is 30.8 Å². The highest BCUT2D eigenvalue weighted by Gasteiger charge is 2.36. The highest BCUT2D eigenvalue weighted by Crippen LogP contribution is 2.42. The number of hydrogen-bond donors (Lipinski definition) is 3. The van der Waals surface area contributed by atoms with Gasteiger partial charge in [0.15, 0.2) is 0 Å². The lowest BCUT2D eigenvalue weighted by molar-refractivity contribution is -0.137. The number of benzene rings is 2. The molecule has 2 aliphatic rings. The molecule has 0 saturated carbocycles. The SMILES string of the molecule is Nc1ccc2c3c1c(C(F)(F)F)cc(=O)n3CCO2.O=c1cc(C(F)(F)F)c2c3c(ccc2[nH]1)OCCN3. The molecule has 2 aromatic heterocycles. The molecule has 0 aliphatic carbocycles. The van der Waals surface area contributed by atoms with Crippen LogP contribution in [-0.4, -0.2) is 29.3 Å². The third-order valence-electron chi connectivity index (χ3n) is 6.06. The Balaban J connectivity index is 0.000000155. The third kappa shape index (κ3) is 4.35. The second-order valence-corrected chi connectivity index (χ2v) is 8.45. The topological polar surface area (TPSA) is 111 Å². The standard InChI is InChI=1S/2C12H9F3N2O2/c13-12(14,15)6-5-9(18)17-3-4-19-8-2-1-7(16)10(6)11(8)17;13-12(14,15)6-5-9(18)17-7-1-2-8-11(10(6)7)16-3-4-19-8/h1-2,5H,3-4,16H2;1-2,5,16H,3-4H2,(H,17,18). The Bertz CT molecular complexity index is 1690. The van der Waals surface area contributed by atoms with E-state index in [-0.39, 0.29) is 52.1 Å². The molecule has 38 heavy (non-hydrogen) atoms.